The summed E-state index contributed by atoms with van der Waals surface area (Å²) in [6, 6.07) is 6.46. The van der Waals surface area contributed by atoms with Gasteiger partial charge in [-0.15, -0.1) is 0 Å². The van der Waals surface area contributed by atoms with E-state index < -0.39 is 17.5 Å². The van der Waals surface area contributed by atoms with Crippen LogP contribution in [0, 0.1) is 17.5 Å². The first-order valence-corrected chi connectivity index (χ1v) is 10.5. The number of rotatable bonds is 8. The summed E-state index contributed by atoms with van der Waals surface area (Å²) in [7, 11) is 0. The lowest BCUT2D eigenvalue weighted by molar-refractivity contribution is 0.501. The van der Waals surface area contributed by atoms with Crippen LogP contribution in [-0.4, -0.2) is 0 Å². The molecule has 28 heavy (non-hydrogen) atoms. The van der Waals surface area contributed by atoms with Gasteiger partial charge in [-0.2, -0.15) is 0 Å². The summed E-state index contributed by atoms with van der Waals surface area (Å²) < 4.78 is 43.8. The van der Waals surface area contributed by atoms with Gasteiger partial charge in [0.1, 0.15) is 5.82 Å². The third kappa shape index (κ3) is 4.34. The van der Waals surface area contributed by atoms with E-state index in [1.165, 1.54) is 43.7 Å². The van der Waals surface area contributed by atoms with Crippen LogP contribution < -0.4 is 0 Å². The molecule has 0 radical (unpaired) electrons. The van der Waals surface area contributed by atoms with Crippen LogP contribution in [0.1, 0.15) is 75.5 Å². The molecule has 0 aromatic heterocycles. The average molecular weight is 387 g/mol. The Bertz CT molecular complexity index is 865. The topological polar surface area (TPSA) is 0 Å². The molecule has 0 nitrogen and oxygen atoms in total. The second-order valence-electron chi connectivity index (χ2n) is 7.72. The van der Waals surface area contributed by atoms with Crippen LogP contribution in [0.3, 0.4) is 0 Å². The molecule has 0 unspecified atom stereocenters. The maximum atomic E-state index is 15.1. The minimum atomic E-state index is -0.961. The molecule has 0 saturated carbocycles. The number of fused-ring (bicyclic) bond motifs is 1. The van der Waals surface area contributed by atoms with Gasteiger partial charge in [-0.1, -0.05) is 75.4 Å². The third-order valence-corrected chi connectivity index (χ3v) is 5.77. The maximum Gasteiger partial charge on any atom is 0.167 e. The molecule has 3 rings (SSSR count). The van der Waals surface area contributed by atoms with E-state index in [1.54, 1.807) is 19.1 Å². The summed E-state index contributed by atoms with van der Waals surface area (Å²) in [4.78, 5) is 0. The van der Waals surface area contributed by atoms with Crippen LogP contribution in [-0.2, 0) is 12.8 Å². The number of hydrogen-bond acceptors (Lipinski definition) is 0. The minimum Gasteiger partial charge on any atom is -0.206 e. The van der Waals surface area contributed by atoms with Crippen LogP contribution in [0.15, 0.2) is 29.8 Å². The summed E-state index contributed by atoms with van der Waals surface area (Å²) in [6.07, 6.45) is 11.2. The van der Waals surface area contributed by atoms with Crippen molar-refractivity contribution in [2.24, 2.45) is 0 Å². The quantitative estimate of drug-likeness (QED) is 0.403. The van der Waals surface area contributed by atoms with E-state index in [0.717, 1.165) is 18.4 Å². The highest BCUT2D eigenvalue weighted by molar-refractivity contribution is 5.71. The standard InChI is InChI=1S/C25H29F3/c1-3-5-6-7-8-9-17-10-13-20-19(16-17)12-15-21(24(20)27)22-14-11-18(4-2)23(26)25(22)28/h11-12,14-16H,3-10,13H2,1-2H3. The van der Waals surface area contributed by atoms with Gasteiger partial charge in [-0.3, -0.25) is 0 Å². The first kappa shape index (κ1) is 20.7. The van der Waals surface area contributed by atoms with E-state index in [1.807, 2.05) is 6.07 Å². The van der Waals surface area contributed by atoms with Gasteiger partial charge in [0.05, 0.1) is 0 Å². The lowest BCUT2D eigenvalue weighted by Gasteiger charge is -2.19. The van der Waals surface area contributed by atoms with Crippen molar-refractivity contribution in [1.29, 1.82) is 0 Å². The zero-order chi connectivity index (χ0) is 20.1. The second-order valence-corrected chi connectivity index (χ2v) is 7.72. The van der Waals surface area contributed by atoms with Crippen molar-refractivity contribution in [1.82, 2.24) is 0 Å². The highest BCUT2D eigenvalue weighted by atomic mass is 19.2. The van der Waals surface area contributed by atoms with Crippen LogP contribution in [0.2, 0.25) is 0 Å². The largest absolute Gasteiger partial charge is 0.206 e. The SMILES string of the molecule is CCCCCCCC1=Cc2ccc(-c3ccc(CC)c(F)c3F)c(F)c2CC1. The zero-order valence-corrected chi connectivity index (χ0v) is 16.9. The Kier molecular flexibility index (Phi) is 6.98. The number of unbranched alkanes of at least 4 members (excludes halogenated alkanes) is 4. The molecule has 150 valence electrons. The normalized spacial score (nSPS) is 13.4. The van der Waals surface area contributed by atoms with E-state index >= 15 is 4.39 Å². The van der Waals surface area contributed by atoms with Gasteiger partial charge in [0, 0.05) is 11.1 Å². The summed E-state index contributed by atoms with van der Waals surface area (Å²) in [5, 5.41) is 0. The summed E-state index contributed by atoms with van der Waals surface area (Å²) >= 11 is 0. The van der Waals surface area contributed by atoms with Gasteiger partial charge < -0.3 is 0 Å². The molecule has 0 bridgehead atoms. The van der Waals surface area contributed by atoms with Crippen molar-refractivity contribution in [2.45, 2.75) is 71.6 Å². The van der Waals surface area contributed by atoms with E-state index in [4.69, 9.17) is 0 Å². The van der Waals surface area contributed by atoms with E-state index in [-0.39, 0.29) is 11.1 Å². The molecule has 2 aromatic carbocycles. The number of aryl methyl sites for hydroxylation is 1. The molecule has 1 aliphatic carbocycles. The molecular weight excluding hydrogens is 357 g/mol. The number of halogens is 3. The molecule has 3 heteroatoms. The minimum absolute atomic E-state index is 0.000649. The van der Waals surface area contributed by atoms with E-state index in [9.17, 15) is 8.78 Å². The predicted octanol–water partition coefficient (Wildman–Crippen LogP) is 8.02. The fourth-order valence-electron chi connectivity index (χ4n) is 4.03. The molecule has 0 fully saturated rings. The van der Waals surface area contributed by atoms with Crippen molar-refractivity contribution in [2.75, 3.05) is 0 Å². The maximum absolute atomic E-state index is 15.1. The van der Waals surface area contributed by atoms with Gasteiger partial charge in [0.2, 0.25) is 0 Å². The fraction of sp³-hybridized carbons (Fsp3) is 0.440. The molecule has 0 amide bonds. The number of benzene rings is 2. The Labute approximate surface area is 166 Å². The van der Waals surface area contributed by atoms with Gasteiger partial charge in [0.15, 0.2) is 11.6 Å². The zero-order valence-electron chi connectivity index (χ0n) is 16.9. The van der Waals surface area contributed by atoms with Gasteiger partial charge in [-0.25, -0.2) is 13.2 Å². The van der Waals surface area contributed by atoms with Crippen molar-refractivity contribution in [3.05, 3.63) is 64.0 Å². The molecule has 0 heterocycles. The monoisotopic (exact) mass is 386 g/mol. The van der Waals surface area contributed by atoms with Crippen molar-refractivity contribution >= 4 is 6.08 Å². The predicted molar refractivity (Wildman–Crippen MR) is 111 cm³/mol. The van der Waals surface area contributed by atoms with Gasteiger partial charge in [0.25, 0.3) is 0 Å². The first-order valence-electron chi connectivity index (χ1n) is 10.5. The van der Waals surface area contributed by atoms with Crippen molar-refractivity contribution in [3.63, 3.8) is 0 Å². The summed E-state index contributed by atoms with van der Waals surface area (Å²) in [6.45, 7) is 3.98. The van der Waals surface area contributed by atoms with Crippen LogP contribution in [0.4, 0.5) is 13.2 Å². The van der Waals surface area contributed by atoms with Crippen LogP contribution in [0.25, 0.3) is 17.2 Å². The Morgan fingerprint density at radius 1 is 0.750 bits per heavy atom. The average Bonchev–Trinajstić information content (AvgIpc) is 2.70. The Morgan fingerprint density at radius 3 is 2.21 bits per heavy atom. The van der Waals surface area contributed by atoms with Gasteiger partial charge in [-0.05, 0) is 48.8 Å². The molecular formula is C25H29F3. The number of allylic oxidation sites excluding steroid dienone is 1. The fourth-order valence-corrected chi connectivity index (χ4v) is 4.03. The van der Waals surface area contributed by atoms with Crippen molar-refractivity contribution in [3.8, 4) is 11.1 Å². The smallest absolute Gasteiger partial charge is 0.167 e. The summed E-state index contributed by atoms with van der Waals surface area (Å²) in [5.74, 6) is -2.25. The van der Waals surface area contributed by atoms with Gasteiger partial charge >= 0.3 is 0 Å². The second kappa shape index (κ2) is 9.45. The molecule has 0 N–H and O–H groups in total. The lowest BCUT2D eigenvalue weighted by Crippen LogP contribution is -2.05. The lowest BCUT2D eigenvalue weighted by atomic mass is 9.87. The molecule has 0 saturated heterocycles. The summed E-state index contributed by atoms with van der Waals surface area (Å²) in [5.41, 5.74) is 3.32. The Hall–Kier alpha value is -2.03. The highest BCUT2D eigenvalue weighted by Gasteiger charge is 2.21. The molecule has 0 aliphatic heterocycles. The van der Waals surface area contributed by atoms with Crippen LogP contribution >= 0.6 is 0 Å². The first-order chi connectivity index (χ1) is 13.6. The van der Waals surface area contributed by atoms with E-state index in [2.05, 4.69) is 13.0 Å². The Balaban J connectivity index is 1.82. The highest BCUT2D eigenvalue weighted by Crippen LogP contribution is 2.35. The molecule has 0 atom stereocenters. The van der Waals surface area contributed by atoms with Crippen LogP contribution in [0.5, 0.6) is 0 Å². The molecule has 1 aliphatic rings. The third-order valence-electron chi connectivity index (χ3n) is 5.77. The van der Waals surface area contributed by atoms with Crippen molar-refractivity contribution < 1.29 is 13.2 Å². The molecule has 0 spiro atoms. The Morgan fingerprint density at radius 2 is 1.46 bits per heavy atom. The van der Waals surface area contributed by atoms with E-state index in [0.29, 0.717) is 24.0 Å². The molecule has 2 aromatic rings. The number of hydrogen-bond donors (Lipinski definition) is 0.